The molecule has 0 bridgehead atoms. The van der Waals surface area contributed by atoms with E-state index in [0.29, 0.717) is 0 Å². The fourth-order valence-corrected chi connectivity index (χ4v) is 2.24. The number of aliphatic hydroxyl groups excluding tert-OH is 1. The number of aryl methyl sites for hydroxylation is 1. The van der Waals surface area contributed by atoms with Gasteiger partial charge in [-0.25, -0.2) is 4.79 Å². The van der Waals surface area contributed by atoms with Crippen molar-refractivity contribution in [3.05, 3.63) is 29.6 Å². The third-order valence-electron chi connectivity index (χ3n) is 4.07. The Morgan fingerprint density at radius 2 is 2.05 bits per heavy atom. The molecule has 1 rings (SSSR count). The fourth-order valence-electron chi connectivity index (χ4n) is 2.24. The Morgan fingerprint density at radius 3 is 2.59 bits per heavy atom. The number of carbonyl (C=O) groups excluding carboxylic acids is 1. The summed E-state index contributed by atoms with van der Waals surface area (Å²) in [4.78, 5) is 16.5. The second kappa shape index (κ2) is 8.73. The lowest BCUT2D eigenvalue weighted by molar-refractivity contribution is 0.114. The smallest absolute Gasteiger partial charge is 0.315 e. The number of pyridine rings is 1. The molecule has 0 aliphatic heterocycles. The number of carbonyl (C=O) groups is 1. The molecule has 5 nitrogen and oxygen atoms in total. The van der Waals surface area contributed by atoms with Crippen LogP contribution in [0.2, 0.25) is 0 Å². The van der Waals surface area contributed by atoms with E-state index in [9.17, 15) is 9.90 Å². The van der Waals surface area contributed by atoms with Gasteiger partial charge in [-0.2, -0.15) is 0 Å². The summed E-state index contributed by atoms with van der Waals surface area (Å²) in [5.74, 6) is 0.387. The molecule has 0 radical (unpaired) electrons. The van der Waals surface area contributed by atoms with Crippen molar-refractivity contribution >= 4 is 6.03 Å². The summed E-state index contributed by atoms with van der Waals surface area (Å²) in [7, 11) is 0. The number of aromatic nitrogens is 1. The van der Waals surface area contributed by atoms with E-state index in [4.69, 9.17) is 0 Å². The van der Waals surface area contributed by atoms with Crippen LogP contribution in [0.25, 0.3) is 0 Å². The molecule has 0 aliphatic carbocycles. The molecule has 124 valence electrons. The van der Waals surface area contributed by atoms with Crippen molar-refractivity contribution in [1.29, 1.82) is 0 Å². The zero-order chi connectivity index (χ0) is 16.7. The van der Waals surface area contributed by atoms with Gasteiger partial charge in [-0.3, -0.25) is 4.98 Å². The van der Waals surface area contributed by atoms with Crippen molar-refractivity contribution in [3.8, 4) is 0 Å². The van der Waals surface area contributed by atoms with E-state index in [1.54, 1.807) is 6.20 Å². The summed E-state index contributed by atoms with van der Waals surface area (Å²) < 4.78 is 0. The van der Waals surface area contributed by atoms with Gasteiger partial charge in [0.1, 0.15) is 0 Å². The van der Waals surface area contributed by atoms with Crippen LogP contribution in [0.5, 0.6) is 0 Å². The van der Waals surface area contributed by atoms with E-state index in [0.717, 1.165) is 17.7 Å². The molecule has 22 heavy (non-hydrogen) atoms. The molecule has 0 saturated carbocycles. The Balaban J connectivity index is 2.65. The Morgan fingerprint density at radius 1 is 1.36 bits per heavy atom. The van der Waals surface area contributed by atoms with E-state index < -0.39 is 6.10 Å². The average molecular weight is 307 g/mol. The Hall–Kier alpha value is -1.62. The highest BCUT2D eigenvalue weighted by atomic mass is 16.3. The number of hydrogen-bond donors (Lipinski definition) is 3. The second-order valence-electron chi connectivity index (χ2n) is 6.23. The summed E-state index contributed by atoms with van der Waals surface area (Å²) in [5, 5.41) is 15.6. The Kier molecular flexibility index (Phi) is 7.32. The summed E-state index contributed by atoms with van der Waals surface area (Å²) in [6.07, 6.45) is 2.10. The SMILES string of the molecule is CCC(C)C(O)CNC(=O)NC(c1ncccc1C)C(C)C. The lowest BCUT2D eigenvalue weighted by atomic mass is 9.97. The van der Waals surface area contributed by atoms with E-state index in [-0.39, 0.29) is 30.5 Å². The minimum Gasteiger partial charge on any atom is -0.391 e. The van der Waals surface area contributed by atoms with Crippen LogP contribution in [0.4, 0.5) is 4.79 Å². The van der Waals surface area contributed by atoms with Crippen molar-refractivity contribution in [3.63, 3.8) is 0 Å². The maximum absolute atomic E-state index is 12.1. The monoisotopic (exact) mass is 307 g/mol. The normalized spacial score (nSPS) is 15.2. The molecule has 0 spiro atoms. The molecule has 2 amide bonds. The molecule has 0 fully saturated rings. The minimum atomic E-state index is -0.523. The summed E-state index contributed by atoms with van der Waals surface area (Å²) in [6, 6.07) is 3.45. The molecular formula is C17H29N3O2. The van der Waals surface area contributed by atoms with Gasteiger partial charge >= 0.3 is 6.03 Å². The highest BCUT2D eigenvalue weighted by molar-refractivity contribution is 5.74. The van der Waals surface area contributed by atoms with E-state index in [2.05, 4.69) is 15.6 Å². The zero-order valence-corrected chi connectivity index (χ0v) is 14.3. The van der Waals surface area contributed by atoms with Crippen LogP contribution < -0.4 is 10.6 Å². The van der Waals surface area contributed by atoms with Crippen LogP contribution in [0, 0.1) is 18.8 Å². The first-order valence-corrected chi connectivity index (χ1v) is 8.00. The Bertz CT molecular complexity index is 477. The molecule has 3 unspecified atom stereocenters. The number of nitrogens with zero attached hydrogens (tertiary/aromatic N) is 1. The van der Waals surface area contributed by atoms with Crippen LogP contribution in [-0.2, 0) is 0 Å². The largest absolute Gasteiger partial charge is 0.391 e. The van der Waals surface area contributed by atoms with Crippen molar-refractivity contribution in [1.82, 2.24) is 15.6 Å². The molecule has 5 heteroatoms. The molecule has 0 aliphatic rings. The molecule has 3 N–H and O–H groups in total. The number of rotatable bonds is 7. The van der Waals surface area contributed by atoms with Crippen molar-refractivity contribution in [2.75, 3.05) is 6.54 Å². The van der Waals surface area contributed by atoms with E-state index in [1.165, 1.54) is 0 Å². The highest BCUT2D eigenvalue weighted by Gasteiger charge is 2.21. The maximum Gasteiger partial charge on any atom is 0.315 e. The molecule has 1 heterocycles. The molecular weight excluding hydrogens is 278 g/mol. The quantitative estimate of drug-likeness (QED) is 0.725. The highest BCUT2D eigenvalue weighted by Crippen LogP contribution is 2.22. The predicted octanol–water partition coefficient (Wildman–Crippen LogP) is 2.79. The second-order valence-corrected chi connectivity index (χ2v) is 6.23. The van der Waals surface area contributed by atoms with E-state index >= 15 is 0 Å². The summed E-state index contributed by atoms with van der Waals surface area (Å²) in [6.45, 7) is 10.3. The van der Waals surface area contributed by atoms with Gasteiger partial charge in [-0.15, -0.1) is 0 Å². The topological polar surface area (TPSA) is 74.2 Å². The summed E-state index contributed by atoms with van der Waals surface area (Å²) in [5.41, 5.74) is 1.94. The molecule has 0 saturated heterocycles. The number of hydrogen-bond acceptors (Lipinski definition) is 3. The first-order chi connectivity index (χ1) is 10.4. The van der Waals surface area contributed by atoms with Gasteiger partial charge in [-0.05, 0) is 30.4 Å². The molecule has 1 aromatic heterocycles. The van der Waals surface area contributed by atoms with Gasteiger partial charge in [0.15, 0.2) is 0 Å². The zero-order valence-electron chi connectivity index (χ0n) is 14.3. The van der Waals surface area contributed by atoms with Gasteiger partial charge in [-0.1, -0.05) is 40.2 Å². The van der Waals surface area contributed by atoms with Crippen LogP contribution in [0.15, 0.2) is 18.3 Å². The third-order valence-corrected chi connectivity index (χ3v) is 4.07. The first kappa shape index (κ1) is 18.4. The van der Waals surface area contributed by atoms with Gasteiger partial charge in [0.25, 0.3) is 0 Å². The summed E-state index contributed by atoms with van der Waals surface area (Å²) >= 11 is 0. The van der Waals surface area contributed by atoms with Crippen LogP contribution in [0.3, 0.4) is 0 Å². The Labute approximate surface area is 133 Å². The van der Waals surface area contributed by atoms with Crippen LogP contribution >= 0.6 is 0 Å². The van der Waals surface area contributed by atoms with Gasteiger partial charge in [0.2, 0.25) is 0 Å². The molecule has 0 aromatic carbocycles. The van der Waals surface area contributed by atoms with Crippen molar-refractivity contribution < 1.29 is 9.90 Å². The minimum absolute atomic E-state index is 0.151. The lowest BCUT2D eigenvalue weighted by Gasteiger charge is -2.24. The standard InChI is InChI=1S/C17H29N3O2/c1-6-12(4)14(21)10-19-17(22)20-15(11(2)3)16-13(5)8-7-9-18-16/h7-9,11-12,14-15,21H,6,10H2,1-5H3,(H2,19,20,22). The van der Waals surface area contributed by atoms with Crippen LogP contribution in [0.1, 0.15) is 51.4 Å². The van der Waals surface area contributed by atoms with Gasteiger partial charge < -0.3 is 15.7 Å². The number of aliphatic hydroxyl groups is 1. The van der Waals surface area contributed by atoms with E-state index in [1.807, 2.05) is 46.8 Å². The maximum atomic E-state index is 12.1. The number of amides is 2. The van der Waals surface area contributed by atoms with Crippen LogP contribution in [-0.4, -0.2) is 28.8 Å². The third kappa shape index (κ3) is 5.30. The number of urea groups is 1. The lowest BCUT2D eigenvalue weighted by Crippen LogP contribution is -2.44. The molecule has 3 atom stereocenters. The average Bonchev–Trinajstić information content (AvgIpc) is 2.50. The van der Waals surface area contributed by atoms with Crippen molar-refractivity contribution in [2.45, 2.75) is 53.2 Å². The number of nitrogens with one attached hydrogen (secondary N) is 2. The van der Waals surface area contributed by atoms with Gasteiger partial charge in [0.05, 0.1) is 17.8 Å². The van der Waals surface area contributed by atoms with Crippen molar-refractivity contribution in [2.24, 2.45) is 11.8 Å². The fraction of sp³-hybridized carbons (Fsp3) is 0.647. The van der Waals surface area contributed by atoms with Gasteiger partial charge in [0, 0.05) is 12.7 Å². The predicted molar refractivity (Wildman–Crippen MR) is 88.5 cm³/mol. The molecule has 1 aromatic rings. The first-order valence-electron chi connectivity index (χ1n) is 8.00.